The van der Waals surface area contributed by atoms with Crippen LogP contribution in [0.3, 0.4) is 0 Å². The number of nitrogens with zero attached hydrogens (tertiary/aromatic N) is 1. The van der Waals surface area contributed by atoms with Crippen LogP contribution < -0.4 is 10.6 Å². The van der Waals surface area contributed by atoms with Crippen LogP contribution >= 0.6 is 23.2 Å². The van der Waals surface area contributed by atoms with Crippen LogP contribution in [0.15, 0.2) is 12.1 Å². The Bertz CT molecular complexity index is 476. The molecule has 5 heteroatoms. The third kappa shape index (κ3) is 2.09. The van der Waals surface area contributed by atoms with E-state index in [9.17, 15) is 4.79 Å². The van der Waals surface area contributed by atoms with Gasteiger partial charge in [-0.2, -0.15) is 0 Å². The summed E-state index contributed by atoms with van der Waals surface area (Å²) in [6, 6.07) is 3.37. The maximum Gasteiger partial charge on any atom is 0.227 e. The highest BCUT2D eigenvalue weighted by Crippen LogP contribution is 2.38. The van der Waals surface area contributed by atoms with Crippen molar-refractivity contribution in [3.63, 3.8) is 0 Å². The van der Waals surface area contributed by atoms with Crippen molar-refractivity contribution in [1.29, 1.82) is 0 Å². The molecule has 0 saturated carbocycles. The van der Waals surface area contributed by atoms with Crippen LogP contribution in [0.2, 0.25) is 10.0 Å². The number of anilines is 2. The summed E-state index contributed by atoms with van der Waals surface area (Å²) >= 11 is 12.0. The first-order valence-electron chi connectivity index (χ1n) is 5.48. The molecule has 92 valence electrons. The SMILES string of the molecule is CC1CC(=O)N(c2cc(N)c(Cl)cc2Cl)C1C. The minimum absolute atomic E-state index is 0.0774. The first-order chi connectivity index (χ1) is 7.91. The molecule has 1 amide bonds. The van der Waals surface area contributed by atoms with Gasteiger partial charge in [0.15, 0.2) is 0 Å². The van der Waals surface area contributed by atoms with Crippen molar-refractivity contribution >= 4 is 40.5 Å². The minimum Gasteiger partial charge on any atom is -0.397 e. The maximum atomic E-state index is 11.9. The van der Waals surface area contributed by atoms with E-state index < -0.39 is 0 Å². The molecule has 0 radical (unpaired) electrons. The molecule has 2 rings (SSSR count). The smallest absolute Gasteiger partial charge is 0.227 e. The summed E-state index contributed by atoms with van der Waals surface area (Å²) < 4.78 is 0. The molecule has 0 aliphatic carbocycles. The van der Waals surface area contributed by atoms with Gasteiger partial charge in [-0.3, -0.25) is 4.79 Å². The lowest BCUT2D eigenvalue weighted by Crippen LogP contribution is -2.32. The van der Waals surface area contributed by atoms with Crippen molar-refractivity contribution in [3.8, 4) is 0 Å². The molecule has 1 fully saturated rings. The van der Waals surface area contributed by atoms with Crippen molar-refractivity contribution in [2.75, 3.05) is 10.6 Å². The van der Waals surface area contributed by atoms with Gasteiger partial charge in [-0.25, -0.2) is 0 Å². The second kappa shape index (κ2) is 4.39. The van der Waals surface area contributed by atoms with Crippen LogP contribution in [0.5, 0.6) is 0 Å². The first kappa shape index (κ1) is 12.5. The van der Waals surface area contributed by atoms with E-state index in [0.717, 1.165) is 0 Å². The van der Waals surface area contributed by atoms with E-state index in [1.54, 1.807) is 17.0 Å². The number of amides is 1. The fourth-order valence-corrected chi connectivity index (χ4v) is 2.59. The van der Waals surface area contributed by atoms with Crippen molar-refractivity contribution in [3.05, 3.63) is 22.2 Å². The molecule has 17 heavy (non-hydrogen) atoms. The van der Waals surface area contributed by atoms with Gasteiger partial charge in [0.05, 0.1) is 21.4 Å². The molecule has 0 spiro atoms. The van der Waals surface area contributed by atoms with E-state index in [1.165, 1.54) is 0 Å². The quantitative estimate of drug-likeness (QED) is 0.798. The zero-order valence-corrected chi connectivity index (χ0v) is 11.2. The zero-order chi connectivity index (χ0) is 12.7. The van der Waals surface area contributed by atoms with E-state index in [0.29, 0.717) is 33.8 Å². The minimum atomic E-state index is 0.0774. The van der Waals surface area contributed by atoms with Crippen LogP contribution in [-0.2, 0) is 4.79 Å². The number of nitrogens with two attached hydrogens (primary N) is 1. The summed E-state index contributed by atoms with van der Waals surface area (Å²) in [4.78, 5) is 13.6. The third-order valence-corrected chi connectivity index (χ3v) is 3.95. The Morgan fingerprint density at radius 3 is 2.47 bits per heavy atom. The molecule has 1 aromatic carbocycles. The molecule has 1 heterocycles. The molecular formula is C12H14Cl2N2O. The van der Waals surface area contributed by atoms with Gasteiger partial charge in [-0.05, 0) is 25.0 Å². The summed E-state index contributed by atoms with van der Waals surface area (Å²) in [7, 11) is 0. The Balaban J connectivity index is 2.47. The topological polar surface area (TPSA) is 46.3 Å². The molecule has 1 aromatic rings. The predicted octanol–water partition coefficient (Wildman–Crippen LogP) is 3.34. The number of nitrogen functional groups attached to an aromatic ring is 1. The Kier molecular flexibility index (Phi) is 3.23. The molecular weight excluding hydrogens is 259 g/mol. The Morgan fingerprint density at radius 2 is 1.94 bits per heavy atom. The molecule has 1 aliphatic rings. The predicted molar refractivity (Wildman–Crippen MR) is 71.6 cm³/mol. The van der Waals surface area contributed by atoms with Gasteiger partial charge in [0, 0.05) is 12.5 Å². The van der Waals surface area contributed by atoms with Crippen LogP contribution in [0.25, 0.3) is 0 Å². The van der Waals surface area contributed by atoms with Crippen molar-refractivity contribution in [1.82, 2.24) is 0 Å². The number of carbonyl (C=O) groups excluding carboxylic acids is 1. The number of carbonyl (C=O) groups is 1. The van der Waals surface area contributed by atoms with Gasteiger partial charge >= 0.3 is 0 Å². The highest BCUT2D eigenvalue weighted by atomic mass is 35.5. The van der Waals surface area contributed by atoms with E-state index >= 15 is 0 Å². The lowest BCUT2D eigenvalue weighted by molar-refractivity contribution is -0.117. The fraction of sp³-hybridized carbons (Fsp3) is 0.417. The number of hydrogen-bond acceptors (Lipinski definition) is 2. The van der Waals surface area contributed by atoms with Crippen LogP contribution in [0, 0.1) is 5.92 Å². The van der Waals surface area contributed by atoms with Crippen molar-refractivity contribution in [2.24, 2.45) is 5.92 Å². The van der Waals surface area contributed by atoms with Crippen LogP contribution in [-0.4, -0.2) is 11.9 Å². The summed E-state index contributed by atoms with van der Waals surface area (Å²) in [5.74, 6) is 0.393. The highest BCUT2D eigenvalue weighted by molar-refractivity contribution is 6.38. The summed E-state index contributed by atoms with van der Waals surface area (Å²) in [5.41, 5.74) is 6.84. The van der Waals surface area contributed by atoms with E-state index in [4.69, 9.17) is 28.9 Å². The lowest BCUT2D eigenvalue weighted by Gasteiger charge is -2.25. The molecule has 3 nitrogen and oxygen atoms in total. The number of hydrogen-bond donors (Lipinski definition) is 1. The third-order valence-electron chi connectivity index (χ3n) is 3.32. The molecule has 2 N–H and O–H groups in total. The van der Waals surface area contributed by atoms with Crippen molar-refractivity contribution in [2.45, 2.75) is 26.3 Å². The second-order valence-electron chi connectivity index (χ2n) is 4.51. The van der Waals surface area contributed by atoms with E-state index in [-0.39, 0.29) is 11.9 Å². The molecule has 1 aliphatic heterocycles. The average Bonchev–Trinajstić information content (AvgIpc) is 2.48. The van der Waals surface area contributed by atoms with Gasteiger partial charge in [0.2, 0.25) is 5.91 Å². The highest BCUT2D eigenvalue weighted by Gasteiger charge is 2.36. The van der Waals surface area contributed by atoms with Gasteiger partial charge in [0.25, 0.3) is 0 Å². The van der Waals surface area contributed by atoms with Gasteiger partial charge in [-0.15, -0.1) is 0 Å². The summed E-state index contributed by atoms with van der Waals surface area (Å²) in [6.07, 6.45) is 0.542. The molecule has 2 unspecified atom stereocenters. The maximum absolute atomic E-state index is 11.9. The second-order valence-corrected chi connectivity index (χ2v) is 5.33. The standard InChI is InChI=1S/C12H14Cl2N2O/c1-6-3-12(17)16(7(6)2)11-5-10(15)8(13)4-9(11)14/h4-7H,3,15H2,1-2H3. The Morgan fingerprint density at radius 1 is 1.29 bits per heavy atom. The van der Waals surface area contributed by atoms with Gasteiger partial charge in [-0.1, -0.05) is 30.1 Å². The van der Waals surface area contributed by atoms with Crippen LogP contribution in [0.4, 0.5) is 11.4 Å². The van der Waals surface area contributed by atoms with Crippen LogP contribution in [0.1, 0.15) is 20.3 Å². The van der Waals surface area contributed by atoms with Gasteiger partial charge in [0.1, 0.15) is 0 Å². The lowest BCUT2D eigenvalue weighted by atomic mass is 10.0. The van der Waals surface area contributed by atoms with Gasteiger partial charge < -0.3 is 10.6 Å². The van der Waals surface area contributed by atoms with E-state index in [1.807, 2.05) is 6.92 Å². The molecule has 2 atom stereocenters. The number of benzene rings is 1. The Hall–Kier alpha value is -0.930. The Labute approximate surface area is 110 Å². The average molecular weight is 273 g/mol. The normalized spacial score (nSPS) is 24.5. The first-order valence-corrected chi connectivity index (χ1v) is 6.24. The zero-order valence-electron chi connectivity index (χ0n) is 9.71. The number of halogens is 2. The van der Waals surface area contributed by atoms with Crippen molar-refractivity contribution < 1.29 is 4.79 Å². The molecule has 1 saturated heterocycles. The molecule has 0 aromatic heterocycles. The number of rotatable bonds is 1. The fourth-order valence-electron chi connectivity index (χ4n) is 2.12. The largest absolute Gasteiger partial charge is 0.397 e. The summed E-state index contributed by atoms with van der Waals surface area (Å²) in [6.45, 7) is 4.06. The summed E-state index contributed by atoms with van der Waals surface area (Å²) in [5, 5.41) is 0.865. The van der Waals surface area contributed by atoms with E-state index in [2.05, 4.69) is 6.92 Å². The monoisotopic (exact) mass is 272 g/mol. The molecule has 0 bridgehead atoms.